The standard InChI is InChI=1S/C11H12F3N5O2S/c1-6(8(20)16-5-7-3-2-4-21-7)22-10-18-17-9(19(10)15)11(12,13)14/h2-4,6H,5,15H2,1H3,(H,16,20)/t6-/m0/s1. The zero-order valence-electron chi connectivity index (χ0n) is 11.3. The first-order valence-electron chi connectivity index (χ1n) is 6.03. The van der Waals surface area contributed by atoms with Gasteiger partial charge in [-0.1, -0.05) is 11.8 Å². The Morgan fingerprint density at radius 1 is 1.55 bits per heavy atom. The molecule has 0 aliphatic carbocycles. The van der Waals surface area contributed by atoms with Crippen molar-refractivity contribution in [2.45, 2.75) is 30.1 Å². The number of amides is 1. The van der Waals surface area contributed by atoms with Crippen molar-refractivity contribution < 1.29 is 22.4 Å². The number of alkyl halides is 3. The van der Waals surface area contributed by atoms with Gasteiger partial charge in [-0.25, -0.2) is 4.68 Å². The van der Waals surface area contributed by atoms with E-state index < -0.39 is 23.2 Å². The molecule has 2 heterocycles. The van der Waals surface area contributed by atoms with Crippen LogP contribution in [0.15, 0.2) is 28.0 Å². The van der Waals surface area contributed by atoms with Crippen molar-refractivity contribution in [3.8, 4) is 0 Å². The first-order valence-corrected chi connectivity index (χ1v) is 6.91. The number of nitrogens with two attached hydrogens (primary N) is 1. The summed E-state index contributed by atoms with van der Waals surface area (Å²) in [7, 11) is 0. The minimum Gasteiger partial charge on any atom is -0.467 e. The molecule has 22 heavy (non-hydrogen) atoms. The first-order chi connectivity index (χ1) is 10.3. The molecule has 0 unspecified atom stereocenters. The number of nitrogens with zero attached hydrogens (tertiary/aromatic N) is 3. The van der Waals surface area contributed by atoms with E-state index in [4.69, 9.17) is 10.3 Å². The molecular weight excluding hydrogens is 323 g/mol. The number of hydrogen-bond donors (Lipinski definition) is 2. The molecule has 2 aromatic rings. The second-order valence-electron chi connectivity index (χ2n) is 4.23. The van der Waals surface area contributed by atoms with Crippen molar-refractivity contribution in [3.63, 3.8) is 0 Å². The number of nitrogen functional groups attached to an aromatic ring is 1. The fourth-order valence-corrected chi connectivity index (χ4v) is 2.29. The molecule has 7 nitrogen and oxygen atoms in total. The van der Waals surface area contributed by atoms with Gasteiger partial charge in [0, 0.05) is 0 Å². The molecule has 2 aromatic heterocycles. The monoisotopic (exact) mass is 335 g/mol. The SMILES string of the molecule is C[C@H](Sc1nnc(C(F)(F)F)n1N)C(=O)NCc1ccco1. The Morgan fingerprint density at radius 2 is 2.27 bits per heavy atom. The van der Waals surface area contributed by atoms with E-state index in [1.807, 2.05) is 0 Å². The molecule has 0 bridgehead atoms. The van der Waals surface area contributed by atoms with Crippen molar-refractivity contribution in [2.75, 3.05) is 5.84 Å². The van der Waals surface area contributed by atoms with Gasteiger partial charge >= 0.3 is 6.18 Å². The average Bonchev–Trinajstić information content (AvgIpc) is 3.06. The van der Waals surface area contributed by atoms with Crippen LogP contribution in [-0.4, -0.2) is 26.0 Å². The molecule has 1 amide bonds. The second kappa shape index (κ2) is 6.30. The summed E-state index contributed by atoms with van der Waals surface area (Å²) in [5.74, 6) is 4.14. The van der Waals surface area contributed by atoms with E-state index in [1.165, 1.54) is 13.2 Å². The van der Waals surface area contributed by atoms with E-state index in [2.05, 4.69) is 15.5 Å². The third-order valence-corrected chi connectivity index (χ3v) is 3.64. The fraction of sp³-hybridized carbons (Fsp3) is 0.364. The topological polar surface area (TPSA) is 99.0 Å². The van der Waals surface area contributed by atoms with Gasteiger partial charge in [-0.15, -0.1) is 10.2 Å². The molecule has 120 valence electrons. The van der Waals surface area contributed by atoms with E-state index in [1.54, 1.807) is 12.1 Å². The molecule has 0 aromatic carbocycles. The quantitative estimate of drug-likeness (QED) is 0.633. The van der Waals surface area contributed by atoms with Crippen LogP contribution in [0.2, 0.25) is 0 Å². The molecule has 0 aliphatic rings. The number of thioether (sulfide) groups is 1. The van der Waals surface area contributed by atoms with Crippen LogP contribution in [0.3, 0.4) is 0 Å². The lowest BCUT2D eigenvalue weighted by Gasteiger charge is -2.11. The molecule has 0 radical (unpaired) electrons. The first kappa shape index (κ1) is 16.2. The number of carbonyl (C=O) groups excluding carboxylic acids is 1. The zero-order chi connectivity index (χ0) is 16.3. The molecule has 0 saturated carbocycles. The van der Waals surface area contributed by atoms with Gasteiger partial charge in [-0.05, 0) is 19.1 Å². The number of hydrogen-bond acceptors (Lipinski definition) is 6. The number of carbonyl (C=O) groups is 1. The lowest BCUT2D eigenvalue weighted by atomic mass is 10.4. The molecule has 0 fully saturated rings. The Morgan fingerprint density at radius 3 is 2.82 bits per heavy atom. The summed E-state index contributed by atoms with van der Waals surface area (Å²) in [6, 6.07) is 3.36. The molecule has 2 rings (SSSR count). The van der Waals surface area contributed by atoms with Crippen molar-refractivity contribution in [3.05, 3.63) is 30.0 Å². The highest BCUT2D eigenvalue weighted by Gasteiger charge is 2.38. The van der Waals surface area contributed by atoms with Gasteiger partial charge in [0.2, 0.25) is 11.1 Å². The maximum absolute atomic E-state index is 12.5. The summed E-state index contributed by atoms with van der Waals surface area (Å²) in [5.41, 5.74) is 0. The number of aromatic nitrogens is 3. The Kier molecular flexibility index (Phi) is 4.64. The van der Waals surface area contributed by atoms with E-state index in [0.29, 0.717) is 10.4 Å². The van der Waals surface area contributed by atoms with Gasteiger partial charge in [0.25, 0.3) is 5.82 Å². The van der Waals surface area contributed by atoms with Crippen molar-refractivity contribution in [2.24, 2.45) is 0 Å². The van der Waals surface area contributed by atoms with Crippen LogP contribution in [0.4, 0.5) is 13.2 Å². The smallest absolute Gasteiger partial charge is 0.453 e. The number of halogens is 3. The lowest BCUT2D eigenvalue weighted by Crippen LogP contribution is -2.31. The Balaban J connectivity index is 1.95. The maximum Gasteiger partial charge on any atom is 0.453 e. The molecule has 3 N–H and O–H groups in total. The summed E-state index contributed by atoms with van der Waals surface area (Å²) in [6.45, 7) is 1.70. The van der Waals surface area contributed by atoms with Gasteiger partial charge < -0.3 is 15.6 Å². The fourth-order valence-electron chi connectivity index (χ4n) is 1.49. The lowest BCUT2D eigenvalue weighted by molar-refractivity contribution is -0.146. The number of furan rings is 1. The van der Waals surface area contributed by atoms with Crippen LogP contribution >= 0.6 is 11.8 Å². The van der Waals surface area contributed by atoms with Crippen LogP contribution in [-0.2, 0) is 17.5 Å². The average molecular weight is 335 g/mol. The van der Waals surface area contributed by atoms with E-state index in [-0.39, 0.29) is 11.7 Å². The van der Waals surface area contributed by atoms with Crippen LogP contribution in [0, 0.1) is 0 Å². The van der Waals surface area contributed by atoms with Crippen molar-refractivity contribution in [1.82, 2.24) is 20.2 Å². The summed E-state index contributed by atoms with van der Waals surface area (Å²) in [6.07, 6.45) is -3.24. The third-order valence-electron chi connectivity index (χ3n) is 2.59. The molecule has 0 saturated heterocycles. The van der Waals surface area contributed by atoms with Crippen LogP contribution in [0.25, 0.3) is 0 Å². The highest BCUT2D eigenvalue weighted by atomic mass is 32.2. The molecule has 1 atom stereocenters. The predicted octanol–water partition coefficient (Wildman–Crippen LogP) is 1.40. The summed E-state index contributed by atoms with van der Waals surface area (Å²) in [5, 5.41) is 8.01. The van der Waals surface area contributed by atoms with Crippen molar-refractivity contribution >= 4 is 17.7 Å². The second-order valence-corrected chi connectivity index (χ2v) is 5.54. The largest absolute Gasteiger partial charge is 0.467 e. The molecule has 0 spiro atoms. The van der Waals surface area contributed by atoms with Gasteiger partial charge in [-0.3, -0.25) is 4.79 Å². The van der Waals surface area contributed by atoms with Gasteiger partial charge in [0.1, 0.15) is 5.76 Å². The minimum absolute atomic E-state index is 0.180. The number of nitrogens with one attached hydrogen (secondary N) is 1. The zero-order valence-corrected chi connectivity index (χ0v) is 12.1. The normalized spacial score (nSPS) is 13.1. The minimum atomic E-state index is -4.70. The summed E-state index contributed by atoms with van der Waals surface area (Å²) in [4.78, 5) is 11.9. The Bertz CT molecular complexity index is 641. The van der Waals surface area contributed by atoms with Crippen LogP contribution < -0.4 is 11.2 Å². The molecule has 0 aliphatic heterocycles. The Labute approximate surface area is 127 Å². The summed E-state index contributed by atoms with van der Waals surface area (Å²) < 4.78 is 43.0. The Hall–Kier alpha value is -2.17. The number of rotatable bonds is 5. The molecule has 11 heteroatoms. The van der Waals surface area contributed by atoms with Crippen LogP contribution in [0.1, 0.15) is 18.5 Å². The highest BCUT2D eigenvalue weighted by molar-refractivity contribution is 8.00. The van der Waals surface area contributed by atoms with Gasteiger partial charge in [-0.2, -0.15) is 13.2 Å². The van der Waals surface area contributed by atoms with Gasteiger partial charge in [0.15, 0.2) is 0 Å². The van der Waals surface area contributed by atoms with E-state index in [0.717, 1.165) is 11.8 Å². The van der Waals surface area contributed by atoms with E-state index in [9.17, 15) is 18.0 Å². The third kappa shape index (κ3) is 3.72. The molecular formula is C11H12F3N5O2S. The highest BCUT2D eigenvalue weighted by Crippen LogP contribution is 2.30. The van der Waals surface area contributed by atoms with E-state index >= 15 is 0 Å². The summed E-state index contributed by atoms with van der Waals surface area (Å²) >= 11 is 0.774. The van der Waals surface area contributed by atoms with Gasteiger partial charge in [0.05, 0.1) is 18.1 Å². The van der Waals surface area contributed by atoms with Crippen LogP contribution in [0.5, 0.6) is 0 Å². The predicted molar refractivity (Wildman–Crippen MR) is 71.0 cm³/mol. The maximum atomic E-state index is 12.5. The van der Waals surface area contributed by atoms with Crippen molar-refractivity contribution in [1.29, 1.82) is 0 Å².